The van der Waals surface area contributed by atoms with Gasteiger partial charge in [-0.1, -0.05) is 0 Å². The van der Waals surface area contributed by atoms with Crippen molar-refractivity contribution in [1.29, 1.82) is 0 Å². The van der Waals surface area contributed by atoms with Crippen LogP contribution in [0.25, 0.3) is 0 Å². The van der Waals surface area contributed by atoms with Crippen molar-refractivity contribution in [2.45, 2.75) is 6.42 Å². The summed E-state index contributed by atoms with van der Waals surface area (Å²) in [4.78, 5) is 17.0. The summed E-state index contributed by atoms with van der Waals surface area (Å²) in [5.41, 5.74) is 0. The second-order valence-corrected chi connectivity index (χ2v) is 4.02. The molecule has 1 aliphatic carbocycles. The van der Waals surface area contributed by atoms with Crippen LogP contribution in [0.3, 0.4) is 0 Å². The maximum absolute atomic E-state index is 11.8. The van der Waals surface area contributed by atoms with Crippen LogP contribution in [0.15, 0.2) is 0 Å². The van der Waals surface area contributed by atoms with Crippen molar-refractivity contribution in [3.63, 3.8) is 0 Å². The average molecular weight is 183 g/mol. The first kappa shape index (κ1) is 7.76. The largest absolute Gasteiger partial charge is 0.381 e. The van der Waals surface area contributed by atoms with Gasteiger partial charge >= 0.3 is 0 Å². The molecule has 3 aliphatic rings. The average Bonchev–Trinajstić information content (AvgIpc) is 2.68. The fourth-order valence-corrected chi connectivity index (χ4v) is 2.39. The van der Waals surface area contributed by atoms with Crippen molar-refractivity contribution in [3.8, 4) is 0 Å². The number of rotatable bonds is 1. The van der Waals surface area contributed by atoms with E-state index in [1.54, 1.807) is 5.06 Å². The Labute approximate surface area is 76.7 Å². The highest BCUT2D eigenvalue weighted by atomic mass is 16.7. The number of hydroxylamine groups is 2. The summed E-state index contributed by atoms with van der Waals surface area (Å²) in [7, 11) is 0. The van der Waals surface area contributed by atoms with Crippen LogP contribution in [-0.2, 0) is 14.4 Å². The zero-order chi connectivity index (χ0) is 8.84. The van der Waals surface area contributed by atoms with E-state index in [1.165, 1.54) is 0 Å². The third kappa shape index (κ3) is 1.09. The number of hydrogen-bond donors (Lipinski definition) is 0. The molecule has 1 saturated carbocycles. The molecule has 4 heteroatoms. The Bertz CT molecular complexity index is 227. The lowest BCUT2D eigenvalue weighted by Crippen LogP contribution is -2.30. The van der Waals surface area contributed by atoms with Gasteiger partial charge in [-0.3, -0.25) is 9.63 Å². The highest BCUT2D eigenvalue weighted by Crippen LogP contribution is 2.51. The molecule has 0 aromatic rings. The molecule has 2 heterocycles. The van der Waals surface area contributed by atoms with Crippen LogP contribution in [-0.4, -0.2) is 37.3 Å². The van der Waals surface area contributed by atoms with E-state index in [9.17, 15) is 4.79 Å². The van der Waals surface area contributed by atoms with Crippen molar-refractivity contribution >= 4 is 5.91 Å². The summed E-state index contributed by atoms with van der Waals surface area (Å²) >= 11 is 0. The van der Waals surface area contributed by atoms with Gasteiger partial charge in [0.05, 0.1) is 32.3 Å². The van der Waals surface area contributed by atoms with Crippen LogP contribution < -0.4 is 0 Å². The molecule has 0 N–H and O–H groups in total. The SMILES string of the molecule is O=C(C1C2COCC21)N1CCCO1. The number of hydrogen-bond acceptors (Lipinski definition) is 3. The van der Waals surface area contributed by atoms with Crippen molar-refractivity contribution < 1.29 is 14.4 Å². The molecule has 3 rings (SSSR count). The Kier molecular flexibility index (Phi) is 1.60. The maximum Gasteiger partial charge on any atom is 0.249 e. The number of nitrogens with zero attached hydrogens (tertiary/aromatic N) is 1. The van der Waals surface area contributed by atoms with E-state index >= 15 is 0 Å². The predicted molar refractivity (Wildman–Crippen MR) is 43.6 cm³/mol. The molecule has 0 bridgehead atoms. The first-order valence-electron chi connectivity index (χ1n) is 4.90. The Morgan fingerprint density at radius 2 is 2.08 bits per heavy atom. The van der Waals surface area contributed by atoms with E-state index < -0.39 is 0 Å². The summed E-state index contributed by atoms with van der Waals surface area (Å²) < 4.78 is 5.24. The number of amides is 1. The van der Waals surface area contributed by atoms with Gasteiger partial charge in [0, 0.05) is 11.8 Å². The smallest absolute Gasteiger partial charge is 0.249 e. The highest BCUT2D eigenvalue weighted by molar-refractivity contribution is 5.81. The minimum Gasteiger partial charge on any atom is -0.381 e. The second-order valence-electron chi connectivity index (χ2n) is 4.02. The molecular formula is C9H13NO3. The summed E-state index contributed by atoms with van der Waals surface area (Å²) in [6.45, 7) is 3.02. The van der Waals surface area contributed by atoms with Crippen molar-refractivity contribution in [3.05, 3.63) is 0 Å². The molecule has 0 aromatic carbocycles. The molecule has 0 aromatic heterocycles. The predicted octanol–water partition coefficient (Wildman–Crippen LogP) is 0.0427. The van der Waals surface area contributed by atoms with Gasteiger partial charge in [0.1, 0.15) is 0 Å². The molecule has 72 valence electrons. The van der Waals surface area contributed by atoms with Crippen LogP contribution in [0.2, 0.25) is 0 Å². The van der Waals surface area contributed by atoms with Gasteiger partial charge in [-0.15, -0.1) is 0 Å². The topological polar surface area (TPSA) is 38.8 Å². The summed E-state index contributed by atoms with van der Waals surface area (Å²) in [5, 5.41) is 1.54. The van der Waals surface area contributed by atoms with E-state index in [0.29, 0.717) is 18.4 Å². The zero-order valence-electron chi connectivity index (χ0n) is 7.44. The lowest BCUT2D eigenvalue weighted by molar-refractivity contribution is -0.171. The van der Waals surface area contributed by atoms with Gasteiger partial charge in [0.15, 0.2) is 0 Å². The molecule has 2 saturated heterocycles. The first-order chi connectivity index (χ1) is 6.38. The summed E-state index contributed by atoms with van der Waals surface area (Å²) in [6, 6.07) is 0. The number of carbonyl (C=O) groups is 1. The molecule has 2 aliphatic heterocycles. The molecule has 3 fully saturated rings. The van der Waals surface area contributed by atoms with Crippen molar-refractivity contribution in [2.24, 2.45) is 17.8 Å². The standard InChI is InChI=1S/C9H13NO3/c11-9(10-2-1-3-13-10)8-6-4-12-5-7(6)8/h6-8H,1-5H2. The maximum atomic E-state index is 11.8. The minimum atomic E-state index is 0.191. The Morgan fingerprint density at radius 1 is 1.31 bits per heavy atom. The third-order valence-electron chi connectivity index (χ3n) is 3.24. The number of ether oxygens (including phenoxy) is 1. The van der Waals surface area contributed by atoms with Crippen molar-refractivity contribution in [1.82, 2.24) is 5.06 Å². The van der Waals surface area contributed by atoms with E-state index in [1.807, 2.05) is 0 Å². The fraction of sp³-hybridized carbons (Fsp3) is 0.889. The van der Waals surface area contributed by atoms with Gasteiger partial charge < -0.3 is 4.74 Å². The molecule has 0 radical (unpaired) electrons. The summed E-state index contributed by atoms with van der Waals surface area (Å²) in [6.07, 6.45) is 0.976. The first-order valence-corrected chi connectivity index (χ1v) is 4.90. The Morgan fingerprint density at radius 3 is 2.69 bits per heavy atom. The zero-order valence-corrected chi connectivity index (χ0v) is 7.44. The second kappa shape index (κ2) is 2.69. The minimum absolute atomic E-state index is 0.191. The molecule has 1 amide bonds. The van der Waals surface area contributed by atoms with Crippen molar-refractivity contribution in [2.75, 3.05) is 26.4 Å². The van der Waals surface area contributed by atoms with Gasteiger partial charge in [-0.05, 0) is 6.42 Å². The molecule has 4 nitrogen and oxygen atoms in total. The van der Waals surface area contributed by atoms with Gasteiger partial charge in [-0.2, -0.15) is 0 Å². The fourth-order valence-electron chi connectivity index (χ4n) is 2.39. The number of carbonyl (C=O) groups excluding carboxylic acids is 1. The van der Waals surface area contributed by atoms with Gasteiger partial charge in [0.25, 0.3) is 0 Å². The van der Waals surface area contributed by atoms with Crippen LogP contribution in [0.1, 0.15) is 6.42 Å². The summed E-state index contributed by atoms with van der Waals surface area (Å²) in [5.74, 6) is 1.40. The molecular weight excluding hydrogens is 170 g/mol. The third-order valence-corrected chi connectivity index (χ3v) is 3.24. The van der Waals surface area contributed by atoms with E-state index in [-0.39, 0.29) is 11.8 Å². The van der Waals surface area contributed by atoms with E-state index in [4.69, 9.17) is 9.57 Å². The highest BCUT2D eigenvalue weighted by Gasteiger charge is 2.59. The number of fused-ring (bicyclic) bond motifs is 1. The van der Waals surface area contributed by atoms with Crippen LogP contribution in [0, 0.1) is 17.8 Å². The van der Waals surface area contributed by atoms with Crippen LogP contribution >= 0.6 is 0 Å². The lowest BCUT2D eigenvalue weighted by atomic mass is 10.3. The van der Waals surface area contributed by atoms with Crippen LogP contribution in [0.5, 0.6) is 0 Å². The van der Waals surface area contributed by atoms with Gasteiger partial charge in [0.2, 0.25) is 5.91 Å². The molecule has 2 unspecified atom stereocenters. The van der Waals surface area contributed by atoms with Gasteiger partial charge in [-0.25, -0.2) is 5.06 Å². The molecule has 2 atom stereocenters. The van der Waals surface area contributed by atoms with E-state index in [2.05, 4.69) is 0 Å². The molecule has 13 heavy (non-hydrogen) atoms. The Hall–Kier alpha value is -0.610. The monoisotopic (exact) mass is 183 g/mol. The lowest BCUT2D eigenvalue weighted by Gasteiger charge is -2.14. The van der Waals surface area contributed by atoms with Crippen LogP contribution in [0.4, 0.5) is 0 Å². The normalized spacial score (nSPS) is 42.2. The van der Waals surface area contributed by atoms with E-state index in [0.717, 1.165) is 26.2 Å². The Balaban J connectivity index is 1.63. The molecule has 0 spiro atoms. The quantitative estimate of drug-likeness (QED) is 0.576.